The van der Waals surface area contributed by atoms with Crippen molar-refractivity contribution in [1.29, 1.82) is 0 Å². The van der Waals surface area contributed by atoms with Crippen LogP contribution in [0.15, 0.2) is 12.1 Å². The molecule has 0 bridgehead atoms. The van der Waals surface area contributed by atoms with Crippen molar-refractivity contribution in [2.75, 3.05) is 19.5 Å². The first kappa shape index (κ1) is 20.1. The third kappa shape index (κ3) is 4.15. The smallest absolute Gasteiger partial charge is 0.335 e. The van der Waals surface area contributed by atoms with Crippen LogP contribution in [0.25, 0.3) is 0 Å². The summed E-state index contributed by atoms with van der Waals surface area (Å²) in [7, 11) is 2.68. The Labute approximate surface area is 153 Å². The van der Waals surface area contributed by atoms with Gasteiger partial charge in [-0.3, -0.25) is 4.79 Å². The van der Waals surface area contributed by atoms with Gasteiger partial charge in [-0.05, 0) is 26.0 Å². The van der Waals surface area contributed by atoms with Crippen LogP contribution < -0.4 is 14.8 Å². The molecule has 8 nitrogen and oxygen atoms in total. The van der Waals surface area contributed by atoms with Crippen molar-refractivity contribution >= 4 is 17.6 Å². The zero-order valence-corrected chi connectivity index (χ0v) is 15.2. The number of rotatable bonds is 7. The molecule has 0 aliphatic carbocycles. The van der Waals surface area contributed by atoms with Crippen LogP contribution in [0.2, 0.25) is 0 Å². The van der Waals surface area contributed by atoms with Crippen LogP contribution in [0.1, 0.15) is 33.9 Å². The van der Waals surface area contributed by atoms with E-state index in [0.29, 0.717) is 15.9 Å². The number of carbonyl (C=O) groups is 2. The summed E-state index contributed by atoms with van der Waals surface area (Å²) in [4.78, 5) is 23.7. The summed E-state index contributed by atoms with van der Waals surface area (Å²) < 4.78 is 36.7. The second kappa shape index (κ2) is 8.02. The molecule has 0 saturated carbocycles. The molecule has 2 aromatic rings. The highest BCUT2D eigenvalue weighted by molar-refractivity contribution is 5.97. The SMILES string of the molecule is COc1cc(C(=O)O)cc(NC(=O)Cc2c(C)nn(C(F)F)c2C)c1OC. The number of ether oxygens (including phenoxy) is 2. The number of carbonyl (C=O) groups excluding carboxylic acids is 1. The van der Waals surface area contributed by atoms with E-state index in [4.69, 9.17) is 9.47 Å². The van der Waals surface area contributed by atoms with Crippen molar-refractivity contribution < 1.29 is 33.0 Å². The molecule has 10 heteroatoms. The lowest BCUT2D eigenvalue weighted by Gasteiger charge is -2.15. The monoisotopic (exact) mass is 383 g/mol. The van der Waals surface area contributed by atoms with E-state index in [-0.39, 0.29) is 34.9 Å². The number of hydrogen-bond donors (Lipinski definition) is 2. The van der Waals surface area contributed by atoms with Gasteiger partial charge in [0.15, 0.2) is 11.5 Å². The van der Waals surface area contributed by atoms with Gasteiger partial charge in [-0.1, -0.05) is 0 Å². The van der Waals surface area contributed by atoms with Crippen LogP contribution in [0, 0.1) is 13.8 Å². The fourth-order valence-corrected chi connectivity index (χ4v) is 2.68. The average molecular weight is 383 g/mol. The van der Waals surface area contributed by atoms with Crippen LogP contribution in [0.3, 0.4) is 0 Å². The molecule has 27 heavy (non-hydrogen) atoms. The van der Waals surface area contributed by atoms with E-state index < -0.39 is 18.4 Å². The number of aromatic nitrogens is 2. The minimum absolute atomic E-state index is 0.0933. The summed E-state index contributed by atoms with van der Waals surface area (Å²) in [6, 6.07) is 2.49. The number of halogens is 2. The first-order valence-corrected chi connectivity index (χ1v) is 7.81. The number of aromatic carboxylic acids is 1. The van der Waals surface area contributed by atoms with Crippen molar-refractivity contribution in [3.05, 3.63) is 34.6 Å². The minimum Gasteiger partial charge on any atom is -0.493 e. The lowest BCUT2D eigenvalue weighted by molar-refractivity contribution is -0.115. The number of hydrogen-bond acceptors (Lipinski definition) is 5. The Bertz CT molecular complexity index is 880. The quantitative estimate of drug-likeness (QED) is 0.762. The highest BCUT2D eigenvalue weighted by Gasteiger charge is 2.21. The van der Waals surface area contributed by atoms with Gasteiger partial charge < -0.3 is 19.9 Å². The maximum absolute atomic E-state index is 12.9. The van der Waals surface area contributed by atoms with E-state index in [1.807, 2.05) is 0 Å². The van der Waals surface area contributed by atoms with Gasteiger partial charge in [-0.15, -0.1) is 0 Å². The largest absolute Gasteiger partial charge is 0.493 e. The summed E-state index contributed by atoms with van der Waals surface area (Å²) >= 11 is 0. The Morgan fingerprint density at radius 3 is 2.41 bits per heavy atom. The summed E-state index contributed by atoms with van der Waals surface area (Å²) in [6.07, 6.45) is -0.215. The third-order valence-corrected chi connectivity index (χ3v) is 4.00. The molecule has 0 aliphatic heterocycles. The van der Waals surface area contributed by atoms with Gasteiger partial charge in [-0.25, -0.2) is 9.48 Å². The van der Waals surface area contributed by atoms with Gasteiger partial charge in [0.2, 0.25) is 5.91 Å². The van der Waals surface area contributed by atoms with E-state index in [1.54, 1.807) is 0 Å². The molecule has 0 unspecified atom stereocenters. The predicted octanol–water partition coefficient (Wildman–Crippen LogP) is 2.79. The minimum atomic E-state index is -2.81. The maximum atomic E-state index is 12.9. The molecule has 1 aromatic carbocycles. The second-order valence-electron chi connectivity index (χ2n) is 5.66. The number of carboxylic acids is 1. The molecular weight excluding hydrogens is 364 g/mol. The van der Waals surface area contributed by atoms with Crippen molar-refractivity contribution in [2.45, 2.75) is 26.8 Å². The molecule has 0 aliphatic rings. The number of benzene rings is 1. The van der Waals surface area contributed by atoms with E-state index in [9.17, 15) is 23.5 Å². The summed E-state index contributed by atoms with van der Waals surface area (Å²) in [5, 5.41) is 15.5. The number of aryl methyl sites for hydroxylation is 1. The number of alkyl halides is 2. The molecule has 1 amide bonds. The first-order valence-electron chi connectivity index (χ1n) is 7.81. The van der Waals surface area contributed by atoms with E-state index in [2.05, 4.69) is 10.4 Å². The Balaban J connectivity index is 2.33. The molecule has 0 radical (unpaired) electrons. The highest BCUT2D eigenvalue weighted by Crippen LogP contribution is 2.36. The summed E-state index contributed by atoms with van der Waals surface area (Å²) in [5.74, 6) is -1.48. The lowest BCUT2D eigenvalue weighted by atomic mass is 10.1. The third-order valence-electron chi connectivity index (χ3n) is 4.00. The molecule has 1 aromatic heterocycles. The van der Waals surface area contributed by atoms with Gasteiger partial charge in [0.25, 0.3) is 0 Å². The van der Waals surface area contributed by atoms with Gasteiger partial charge in [0.05, 0.1) is 37.6 Å². The second-order valence-corrected chi connectivity index (χ2v) is 5.66. The van der Waals surface area contributed by atoms with Crippen molar-refractivity contribution in [3.63, 3.8) is 0 Å². The maximum Gasteiger partial charge on any atom is 0.335 e. The molecule has 2 rings (SSSR count). The van der Waals surface area contributed by atoms with Crippen LogP contribution >= 0.6 is 0 Å². The average Bonchev–Trinajstić information content (AvgIpc) is 2.89. The normalized spacial score (nSPS) is 10.8. The van der Waals surface area contributed by atoms with Gasteiger partial charge in [0.1, 0.15) is 0 Å². The van der Waals surface area contributed by atoms with E-state index in [0.717, 1.165) is 0 Å². The highest BCUT2D eigenvalue weighted by atomic mass is 19.3. The first-order chi connectivity index (χ1) is 12.7. The Kier molecular flexibility index (Phi) is 5.98. The zero-order valence-electron chi connectivity index (χ0n) is 15.2. The predicted molar refractivity (Wildman–Crippen MR) is 91.8 cm³/mol. The fourth-order valence-electron chi connectivity index (χ4n) is 2.68. The van der Waals surface area contributed by atoms with Gasteiger partial charge in [-0.2, -0.15) is 13.9 Å². The van der Waals surface area contributed by atoms with Crippen LogP contribution in [-0.4, -0.2) is 41.0 Å². The van der Waals surface area contributed by atoms with Gasteiger partial charge >= 0.3 is 12.5 Å². The standard InChI is InChI=1S/C17H19F2N3O5/c1-8-11(9(2)22(21-8)17(18)19)7-14(23)20-12-5-10(16(24)25)6-13(26-3)15(12)27-4/h5-6,17H,7H2,1-4H3,(H,20,23)(H,24,25). The zero-order chi connectivity index (χ0) is 20.3. The van der Waals surface area contributed by atoms with Crippen molar-refractivity contribution in [2.24, 2.45) is 0 Å². The molecule has 1 heterocycles. The number of nitrogens with one attached hydrogen (secondary N) is 1. The number of carboxylic acid groups (broad SMARTS) is 1. The van der Waals surface area contributed by atoms with Crippen molar-refractivity contribution in [1.82, 2.24) is 9.78 Å². The molecular formula is C17H19F2N3O5. The van der Waals surface area contributed by atoms with E-state index >= 15 is 0 Å². The van der Waals surface area contributed by atoms with E-state index in [1.165, 1.54) is 40.2 Å². The number of amides is 1. The molecule has 0 atom stereocenters. The lowest BCUT2D eigenvalue weighted by Crippen LogP contribution is -2.17. The molecule has 0 saturated heterocycles. The Hall–Kier alpha value is -3.17. The molecule has 2 N–H and O–H groups in total. The number of anilines is 1. The van der Waals surface area contributed by atoms with Crippen LogP contribution in [-0.2, 0) is 11.2 Å². The number of methoxy groups -OCH3 is 2. The van der Waals surface area contributed by atoms with Crippen LogP contribution in [0.5, 0.6) is 11.5 Å². The fraction of sp³-hybridized carbons (Fsp3) is 0.353. The van der Waals surface area contributed by atoms with Crippen LogP contribution in [0.4, 0.5) is 14.5 Å². The summed E-state index contributed by atoms with van der Waals surface area (Å²) in [5.41, 5.74) is 0.845. The molecule has 0 fully saturated rings. The Morgan fingerprint density at radius 1 is 1.26 bits per heavy atom. The molecule has 0 spiro atoms. The number of nitrogens with zero attached hydrogens (tertiary/aromatic N) is 2. The van der Waals surface area contributed by atoms with Crippen molar-refractivity contribution in [3.8, 4) is 11.5 Å². The Morgan fingerprint density at radius 2 is 1.93 bits per heavy atom. The molecule has 146 valence electrons. The summed E-state index contributed by atoms with van der Waals surface area (Å²) in [6.45, 7) is 0.171. The van der Waals surface area contributed by atoms with Gasteiger partial charge in [0, 0.05) is 11.3 Å². The topological polar surface area (TPSA) is 103 Å².